The van der Waals surface area contributed by atoms with Crippen molar-refractivity contribution in [1.82, 2.24) is 14.8 Å². The number of nitrogens with zero attached hydrogens (tertiary/aromatic N) is 4. The van der Waals surface area contributed by atoms with Crippen molar-refractivity contribution < 1.29 is 4.79 Å². The highest BCUT2D eigenvalue weighted by atomic mass is 16.1. The van der Waals surface area contributed by atoms with Gasteiger partial charge in [0.2, 0.25) is 0 Å². The molecule has 1 aliphatic rings. The summed E-state index contributed by atoms with van der Waals surface area (Å²) in [6.45, 7) is 0.672. The van der Waals surface area contributed by atoms with Gasteiger partial charge in [-0.2, -0.15) is 5.26 Å². The Morgan fingerprint density at radius 1 is 1.67 bits per heavy atom. The quantitative estimate of drug-likeness (QED) is 0.733. The van der Waals surface area contributed by atoms with Crippen molar-refractivity contribution in [3.05, 3.63) is 12.2 Å². The number of hydrogen-bond donors (Lipinski definition) is 0. The number of carbonyl (C=O) groups is 1. The van der Waals surface area contributed by atoms with E-state index >= 15 is 0 Å². The molecule has 78 valence electrons. The fourth-order valence-electron chi connectivity index (χ4n) is 1.93. The summed E-state index contributed by atoms with van der Waals surface area (Å²) >= 11 is 0. The van der Waals surface area contributed by atoms with E-state index in [2.05, 4.69) is 10.1 Å². The number of ketones is 1. The Bertz CT molecular complexity index is 404. The topological polar surface area (TPSA) is 71.6 Å². The zero-order valence-corrected chi connectivity index (χ0v) is 8.39. The first kappa shape index (κ1) is 9.84. The number of aryl methyl sites for hydroxylation is 1. The lowest BCUT2D eigenvalue weighted by molar-refractivity contribution is -0.120. The van der Waals surface area contributed by atoms with Crippen molar-refractivity contribution in [2.45, 2.75) is 32.2 Å². The van der Waals surface area contributed by atoms with Gasteiger partial charge in [0.05, 0.1) is 0 Å². The SMILES string of the molecule is N#Cc1ncn(CCC2CCCC2=O)n1. The molecule has 0 radical (unpaired) electrons. The Labute approximate surface area is 87.7 Å². The summed E-state index contributed by atoms with van der Waals surface area (Å²) in [4.78, 5) is 15.2. The van der Waals surface area contributed by atoms with Crippen molar-refractivity contribution in [3.8, 4) is 6.07 Å². The summed E-state index contributed by atoms with van der Waals surface area (Å²) in [5.41, 5.74) is 0. The molecule has 1 saturated carbocycles. The molecule has 15 heavy (non-hydrogen) atoms. The standard InChI is InChI=1S/C10H12N4O/c11-6-10-12-7-14(13-10)5-4-8-2-1-3-9(8)15/h7-8H,1-5H2. The number of nitriles is 1. The molecule has 1 aliphatic carbocycles. The highest BCUT2D eigenvalue weighted by Crippen LogP contribution is 2.24. The molecule has 0 N–H and O–H groups in total. The van der Waals surface area contributed by atoms with Gasteiger partial charge in [-0.1, -0.05) is 0 Å². The average molecular weight is 204 g/mol. The Morgan fingerprint density at radius 3 is 3.13 bits per heavy atom. The molecule has 5 nitrogen and oxygen atoms in total. The lowest BCUT2D eigenvalue weighted by Crippen LogP contribution is -2.10. The zero-order valence-electron chi connectivity index (χ0n) is 8.39. The summed E-state index contributed by atoms with van der Waals surface area (Å²) < 4.78 is 1.63. The predicted molar refractivity (Wildman–Crippen MR) is 51.7 cm³/mol. The molecular weight excluding hydrogens is 192 g/mol. The maximum absolute atomic E-state index is 11.4. The van der Waals surface area contributed by atoms with Crippen LogP contribution in [0.3, 0.4) is 0 Å². The molecule has 0 aliphatic heterocycles. The number of carbonyl (C=O) groups excluding carboxylic acids is 1. The van der Waals surface area contributed by atoms with Crippen LogP contribution in [-0.2, 0) is 11.3 Å². The van der Waals surface area contributed by atoms with Gasteiger partial charge in [0.25, 0.3) is 5.82 Å². The van der Waals surface area contributed by atoms with E-state index < -0.39 is 0 Å². The second-order valence-corrected chi connectivity index (χ2v) is 3.79. The molecule has 5 heteroatoms. The van der Waals surface area contributed by atoms with E-state index in [1.165, 1.54) is 6.33 Å². The normalized spacial score (nSPS) is 20.5. The van der Waals surface area contributed by atoms with Crippen LogP contribution in [0.1, 0.15) is 31.5 Å². The number of aromatic nitrogens is 3. The molecule has 1 atom stereocenters. The summed E-state index contributed by atoms with van der Waals surface area (Å²) in [7, 11) is 0. The van der Waals surface area contributed by atoms with Crippen molar-refractivity contribution in [2.24, 2.45) is 5.92 Å². The van der Waals surface area contributed by atoms with Gasteiger partial charge < -0.3 is 0 Å². The second-order valence-electron chi connectivity index (χ2n) is 3.79. The van der Waals surface area contributed by atoms with Gasteiger partial charge in [-0.15, -0.1) is 5.10 Å². The molecule has 0 bridgehead atoms. The minimum absolute atomic E-state index is 0.188. The van der Waals surface area contributed by atoms with Crippen LogP contribution in [0.4, 0.5) is 0 Å². The highest BCUT2D eigenvalue weighted by Gasteiger charge is 2.23. The summed E-state index contributed by atoms with van der Waals surface area (Å²) in [5.74, 6) is 0.753. The molecule has 1 fully saturated rings. The van der Waals surface area contributed by atoms with E-state index in [1.807, 2.05) is 6.07 Å². The second kappa shape index (κ2) is 4.22. The fourth-order valence-corrected chi connectivity index (χ4v) is 1.93. The van der Waals surface area contributed by atoms with Gasteiger partial charge in [0.1, 0.15) is 18.2 Å². The third-order valence-electron chi connectivity index (χ3n) is 2.77. The molecule has 0 aromatic carbocycles. The molecule has 1 heterocycles. The summed E-state index contributed by atoms with van der Waals surface area (Å²) in [5, 5.41) is 12.5. The third-order valence-corrected chi connectivity index (χ3v) is 2.77. The predicted octanol–water partition coefficient (Wildman–Crippen LogP) is 0.909. The maximum Gasteiger partial charge on any atom is 0.252 e. The fraction of sp³-hybridized carbons (Fsp3) is 0.600. The van der Waals surface area contributed by atoms with Crippen LogP contribution < -0.4 is 0 Å². The minimum Gasteiger partial charge on any atom is -0.299 e. The molecule has 0 saturated heterocycles. The molecule has 2 rings (SSSR count). The minimum atomic E-state index is 0.188. The third kappa shape index (κ3) is 2.21. The molecule has 1 aromatic heterocycles. The Hall–Kier alpha value is -1.70. The molecule has 0 amide bonds. The van der Waals surface area contributed by atoms with E-state index in [0.29, 0.717) is 12.3 Å². The largest absolute Gasteiger partial charge is 0.299 e. The first-order valence-electron chi connectivity index (χ1n) is 5.12. The van der Waals surface area contributed by atoms with Gasteiger partial charge in [-0.25, -0.2) is 4.98 Å². The van der Waals surface area contributed by atoms with Crippen LogP contribution in [-0.4, -0.2) is 20.5 Å². The number of hydrogen-bond acceptors (Lipinski definition) is 4. The Morgan fingerprint density at radius 2 is 2.53 bits per heavy atom. The smallest absolute Gasteiger partial charge is 0.252 e. The first-order chi connectivity index (χ1) is 7.29. The summed E-state index contributed by atoms with van der Waals surface area (Å²) in [6.07, 6.45) is 5.10. The lowest BCUT2D eigenvalue weighted by Gasteiger charge is -2.06. The molecular formula is C10H12N4O. The van der Waals surface area contributed by atoms with Crippen LogP contribution in [0.25, 0.3) is 0 Å². The van der Waals surface area contributed by atoms with E-state index in [9.17, 15) is 4.79 Å². The van der Waals surface area contributed by atoms with Crippen LogP contribution in [0.2, 0.25) is 0 Å². The van der Waals surface area contributed by atoms with Crippen LogP contribution >= 0.6 is 0 Å². The maximum atomic E-state index is 11.4. The van der Waals surface area contributed by atoms with E-state index in [0.717, 1.165) is 25.7 Å². The van der Waals surface area contributed by atoms with Crippen LogP contribution in [0, 0.1) is 17.2 Å². The lowest BCUT2D eigenvalue weighted by atomic mass is 10.0. The van der Waals surface area contributed by atoms with Crippen molar-refractivity contribution in [1.29, 1.82) is 5.26 Å². The summed E-state index contributed by atoms with van der Waals surface area (Å²) in [6, 6.07) is 1.87. The van der Waals surface area contributed by atoms with E-state index in [1.54, 1.807) is 4.68 Å². The van der Waals surface area contributed by atoms with Crippen molar-refractivity contribution >= 4 is 5.78 Å². The average Bonchev–Trinajstić information content (AvgIpc) is 2.84. The number of Topliss-reactive ketones (excluding diaryl/α,β-unsaturated/α-hetero) is 1. The van der Waals surface area contributed by atoms with Gasteiger partial charge in [0, 0.05) is 18.9 Å². The van der Waals surface area contributed by atoms with E-state index in [4.69, 9.17) is 5.26 Å². The van der Waals surface area contributed by atoms with Gasteiger partial charge in [0.15, 0.2) is 0 Å². The van der Waals surface area contributed by atoms with Gasteiger partial charge in [-0.05, 0) is 19.3 Å². The number of rotatable bonds is 3. The van der Waals surface area contributed by atoms with Crippen molar-refractivity contribution in [2.75, 3.05) is 0 Å². The van der Waals surface area contributed by atoms with Crippen LogP contribution in [0.5, 0.6) is 0 Å². The Kier molecular flexibility index (Phi) is 2.77. The highest BCUT2D eigenvalue weighted by molar-refractivity contribution is 5.82. The molecule has 0 spiro atoms. The first-order valence-corrected chi connectivity index (χ1v) is 5.12. The monoisotopic (exact) mass is 204 g/mol. The van der Waals surface area contributed by atoms with Crippen molar-refractivity contribution in [3.63, 3.8) is 0 Å². The Balaban J connectivity index is 1.88. The zero-order chi connectivity index (χ0) is 10.7. The van der Waals surface area contributed by atoms with Gasteiger partial charge in [-0.3, -0.25) is 9.48 Å². The van der Waals surface area contributed by atoms with Gasteiger partial charge >= 0.3 is 0 Å². The molecule has 1 aromatic rings. The molecule has 1 unspecified atom stereocenters. The van der Waals surface area contributed by atoms with E-state index in [-0.39, 0.29) is 11.7 Å². The van der Waals surface area contributed by atoms with Crippen LogP contribution in [0.15, 0.2) is 6.33 Å².